The van der Waals surface area contributed by atoms with E-state index in [2.05, 4.69) is 10.3 Å². The first-order chi connectivity index (χ1) is 15.9. The average molecular weight is 449 g/mol. The Morgan fingerprint density at radius 2 is 1.97 bits per heavy atom. The van der Waals surface area contributed by atoms with Crippen molar-refractivity contribution in [2.24, 2.45) is 0 Å². The van der Waals surface area contributed by atoms with Gasteiger partial charge in [-0.1, -0.05) is 0 Å². The zero-order valence-corrected chi connectivity index (χ0v) is 18.2. The Kier molecular flexibility index (Phi) is 6.07. The number of methoxy groups -OCH3 is 1. The number of nitrogens with one attached hydrogen (secondary N) is 1. The molecule has 1 N–H and O–H groups in total. The number of imidazole rings is 1. The van der Waals surface area contributed by atoms with Gasteiger partial charge in [-0.2, -0.15) is 0 Å². The molecule has 170 valence electrons. The lowest BCUT2D eigenvalue weighted by atomic mass is 10.1. The highest BCUT2D eigenvalue weighted by atomic mass is 16.6. The molecule has 1 aliphatic heterocycles. The van der Waals surface area contributed by atoms with Gasteiger partial charge >= 0.3 is 0 Å². The van der Waals surface area contributed by atoms with E-state index in [1.807, 2.05) is 17.7 Å². The van der Waals surface area contributed by atoms with E-state index in [9.17, 15) is 19.7 Å². The molecule has 10 heteroatoms. The number of rotatable bonds is 6. The van der Waals surface area contributed by atoms with E-state index in [4.69, 9.17) is 4.74 Å². The Morgan fingerprint density at radius 1 is 1.21 bits per heavy atom. The van der Waals surface area contributed by atoms with E-state index >= 15 is 0 Å². The maximum absolute atomic E-state index is 13.3. The van der Waals surface area contributed by atoms with Crippen molar-refractivity contribution in [3.63, 3.8) is 0 Å². The van der Waals surface area contributed by atoms with E-state index in [1.54, 1.807) is 29.4 Å². The number of aryl methyl sites for hydroxylation is 1. The molecule has 1 unspecified atom stereocenters. The molecule has 0 radical (unpaired) electrons. The van der Waals surface area contributed by atoms with Gasteiger partial charge in [0.2, 0.25) is 5.91 Å². The minimum Gasteiger partial charge on any atom is -0.495 e. The number of hydrogen-bond acceptors (Lipinski definition) is 6. The number of nitrogens with zero attached hydrogens (tertiary/aromatic N) is 4. The van der Waals surface area contributed by atoms with Crippen LogP contribution >= 0.6 is 0 Å². The maximum Gasteiger partial charge on any atom is 0.269 e. The van der Waals surface area contributed by atoms with Gasteiger partial charge in [0.15, 0.2) is 0 Å². The Morgan fingerprint density at radius 3 is 2.61 bits per heavy atom. The summed E-state index contributed by atoms with van der Waals surface area (Å²) in [5.41, 5.74) is 2.41. The average Bonchev–Trinajstić information content (AvgIpc) is 3.48. The molecule has 10 nitrogen and oxygen atoms in total. The predicted octanol–water partition coefficient (Wildman–Crippen LogP) is 3.34. The van der Waals surface area contributed by atoms with Gasteiger partial charge in [-0.25, -0.2) is 4.98 Å². The summed E-state index contributed by atoms with van der Waals surface area (Å²) < 4.78 is 7.31. The van der Waals surface area contributed by atoms with E-state index in [0.717, 1.165) is 11.4 Å². The summed E-state index contributed by atoms with van der Waals surface area (Å²) in [6.45, 7) is 2.35. The van der Waals surface area contributed by atoms with Crippen LogP contribution in [0.5, 0.6) is 5.75 Å². The Bertz CT molecular complexity index is 1200. The third-order valence-corrected chi connectivity index (χ3v) is 5.58. The molecular weight excluding hydrogens is 426 g/mol. The van der Waals surface area contributed by atoms with Crippen molar-refractivity contribution in [2.75, 3.05) is 19.0 Å². The minimum absolute atomic E-state index is 0.0612. The van der Waals surface area contributed by atoms with Crippen LogP contribution in [0.1, 0.15) is 28.9 Å². The molecule has 1 atom stereocenters. The standard InChI is InChI=1S/C23H23N5O5/c1-15-13-26(14-24-15)19-10-5-16(12-21(19)33-2)23(30)27-11-3-4-20(27)22(29)25-17-6-8-18(9-7-17)28(31)32/h5-10,12-14,20H,3-4,11H2,1-2H3,(H,25,29). The summed E-state index contributed by atoms with van der Waals surface area (Å²) in [4.78, 5) is 42.2. The third kappa shape index (κ3) is 4.54. The highest BCUT2D eigenvalue weighted by Crippen LogP contribution is 2.28. The summed E-state index contributed by atoms with van der Waals surface area (Å²) in [6, 6.07) is 10.1. The maximum atomic E-state index is 13.3. The van der Waals surface area contributed by atoms with Crippen molar-refractivity contribution >= 4 is 23.2 Å². The second-order valence-electron chi connectivity index (χ2n) is 7.76. The van der Waals surface area contributed by atoms with Crippen LogP contribution in [0.2, 0.25) is 0 Å². The molecule has 2 amide bonds. The Labute approximate surface area is 189 Å². The molecule has 33 heavy (non-hydrogen) atoms. The number of ether oxygens (including phenoxy) is 1. The number of carbonyl (C=O) groups is 2. The number of non-ortho nitro benzene ring substituents is 1. The van der Waals surface area contributed by atoms with E-state index in [0.29, 0.717) is 36.4 Å². The quantitative estimate of drug-likeness (QED) is 0.455. The molecule has 0 aliphatic carbocycles. The Hall–Kier alpha value is -4.21. The van der Waals surface area contributed by atoms with Crippen molar-refractivity contribution in [1.29, 1.82) is 0 Å². The Balaban J connectivity index is 1.51. The van der Waals surface area contributed by atoms with Crippen LogP contribution in [0.15, 0.2) is 55.0 Å². The summed E-state index contributed by atoms with van der Waals surface area (Å²) in [5.74, 6) is -0.0699. The fraction of sp³-hybridized carbons (Fsp3) is 0.261. The van der Waals surface area contributed by atoms with Gasteiger partial charge < -0.3 is 19.5 Å². The fourth-order valence-electron chi connectivity index (χ4n) is 3.92. The number of nitro groups is 1. The van der Waals surface area contributed by atoms with Crippen molar-refractivity contribution < 1.29 is 19.2 Å². The summed E-state index contributed by atoms with van der Waals surface area (Å²) >= 11 is 0. The van der Waals surface area contributed by atoms with Gasteiger partial charge in [-0.15, -0.1) is 0 Å². The van der Waals surface area contributed by atoms with Gasteiger partial charge in [0.05, 0.1) is 29.7 Å². The molecule has 4 rings (SSSR count). The van der Waals surface area contributed by atoms with Gasteiger partial charge in [-0.05, 0) is 50.1 Å². The molecule has 0 bridgehead atoms. The number of hydrogen-bond donors (Lipinski definition) is 1. The minimum atomic E-state index is -0.630. The van der Waals surface area contributed by atoms with Crippen LogP contribution in [0.25, 0.3) is 5.69 Å². The highest BCUT2D eigenvalue weighted by molar-refractivity contribution is 6.02. The lowest BCUT2D eigenvalue weighted by Crippen LogP contribution is -2.43. The fourth-order valence-corrected chi connectivity index (χ4v) is 3.92. The molecule has 2 aromatic carbocycles. The number of nitro benzene ring substituents is 1. The van der Waals surface area contributed by atoms with Gasteiger partial charge in [-0.3, -0.25) is 19.7 Å². The first-order valence-electron chi connectivity index (χ1n) is 10.4. The zero-order valence-electron chi connectivity index (χ0n) is 18.2. The van der Waals surface area contributed by atoms with Crippen LogP contribution < -0.4 is 10.1 Å². The lowest BCUT2D eigenvalue weighted by Gasteiger charge is -2.24. The second kappa shape index (κ2) is 9.11. The number of carbonyl (C=O) groups excluding carboxylic acids is 2. The summed E-state index contributed by atoms with van der Waals surface area (Å²) in [5, 5.41) is 13.6. The third-order valence-electron chi connectivity index (χ3n) is 5.58. The first-order valence-corrected chi connectivity index (χ1v) is 10.4. The van der Waals surface area contributed by atoms with Crippen LogP contribution in [-0.2, 0) is 4.79 Å². The molecule has 3 aromatic rings. The number of anilines is 1. The van der Waals surface area contributed by atoms with Gasteiger partial charge in [0, 0.05) is 36.1 Å². The predicted molar refractivity (Wildman–Crippen MR) is 121 cm³/mol. The molecule has 0 saturated carbocycles. The summed E-state index contributed by atoms with van der Waals surface area (Å²) in [6.07, 6.45) is 4.77. The van der Waals surface area contributed by atoms with E-state index < -0.39 is 11.0 Å². The topological polar surface area (TPSA) is 120 Å². The molecule has 1 fully saturated rings. The normalized spacial score (nSPS) is 15.3. The first kappa shape index (κ1) is 22.0. The molecule has 1 aromatic heterocycles. The van der Waals surface area contributed by atoms with Crippen molar-refractivity contribution in [3.8, 4) is 11.4 Å². The monoisotopic (exact) mass is 449 g/mol. The molecule has 1 saturated heterocycles. The van der Waals surface area contributed by atoms with Gasteiger partial charge in [0.25, 0.3) is 11.6 Å². The van der Waals surface area contributed by atoms with Crippen LogP contribution in [-0.4, -0.2) is 50.9 Å². The van der Waals surface area contributed by atoms with E-state index in [1.165, 1.54) is 31.4 Å². The van der Waals surface area contributed by atoms with Gasteiger partial charge in [0.1, 0.15) is 11.8 Å². The largest absolute Gasteiger partial charge is 0.495 e. The second-order valence-corrected chi connectivity index (χ2v) is 7.76. The van der Waals surface area contributed by atoms with Crippen LogP contribution in [0, 0.1) is 17.0 Å². The van der Waals surface area contributed by atoms with Crippen LogP contribution in [0.4, 0.5) is 11.4 Å². The number of benzene rings is 2. The van der Waals surface area contributed by atoms with Crippen LogP contribution in [0.3, 0.4) is 0 Å². The van der Waals surface area contributed by atoms with Crippen molar-refractivity contribution in [3.05, 3.63) is 76.4 Å². The molecular formula is C23H23N5O5. The van der Waals surface area contributed by atoms with Crippen molar-refractivity contribution in [1.82, 2.24) is 14.5 Å². The molecule has 2 heterocycles. The lowest BCUT2D eigenvalue weighted by molar-refractivity contribution is -0.384. The van der Waals surface area contributed by atoms with E-state index in [-0.39, 0.29) is 17.5 Å². The number of aromatic nitrogens is 2. The number of likely N-dealkylation sites (tertiary alicyclic amines) is 1. The number of amides is 2. The molecule has 1 aliphatic rings. The van der Waals surface area contributed by atoms with Crippen molar-refractivity contribution in [2.45, 2.75) is 25.8 Å². The zero-order chi connectivity index (χ0) is 23.5. The SMILES string of the molecule is COc1cc(C(=O)N2CCCC2C(=O)Nc2ccc([N+](=O)[O-])cc2)ccc1-n1cnc(C)c1. The summed E-state index contributed by atoms with van der Waals surface area (Å²) in [7, 11) is 1.53. The highest BCUT2D eigenvalue weighted by Gasteiger charge is 2.35. The molecule has 0 spiro atoms. The smallest absolute Gasteiger partial charge is 0.269 e.